The monoisotopic (exact) mass is 214 g/mol. The zero-order valence-corrected chi connectivity index (χ0v) is 8.51. The first-order valence-electron chi connectivity index (χ1n) is 3.60. The number of rotatable bonds is 1. The van der Waals surface area contributed by atoms with Crippen molar-refractivity contribution in [3.05, 3.63) is 22.2 Å². The molecule has 0 N–H and O–H groups in total. The lowest BCUT2D eigenvalue weighted by molar-refractivity contribution is 0.797. The van der Waals surface area contributed by atoms with E-state index < -0.39 is 0 Å². The Morgan fingerprint density at radius 2 is 2.00 bits per heavy atom. The first kappa shape index (κ1) is 8.65. The van der Waals surface area contributed by atoms with Crippen molar-refractivity contribution in [2.24, 2.45) is 0 Å². The predicted molar refractivity (Wildman–Crippen MR) is 48.6 cm³/mol. The summed E-state index contributed by atoms with van der Waals surface area (Å²) < 4.78 is 0.899. The smallest absolute Gasteiger partial charge is 0.117 e. The Morgan fingerprint density at radius 3 is 2.45 bits per heavy atom. The molecule has 0 bridgehead atoms. The number of aromatic nitrogens is 2. The molecule has 0 saturated heterocycles. The van der Waals surface area contributed by atoms with Gasteiger partial charge in [-0.15, -0.1) is 0 Å². The Bertz CT molecular complexity index is 258. The van der Waals surface area contributed by atoms with Gasteiger partial charge in [0.25, 0.3) is 0 Å². The van der Waals surface area contributed by atoms with Crippen molar-refractivity contribution in [1.29, 1.82) is 0 Å². The molecule has 3 heteroatoms. The van der Waals surface area contributed by atoms with Crippen LogP contribution in [-0.2, 0) is 0 Å². The molecule has 0 amide bonds. The van der Waals surface area contributed by atoms with Crippen molar-refractivity contribution in [2.75, 3.05) is 0 Å². The molecule has 0 aliphatic heterocycles. The molecule has 0 unspecified atom stereocenters. The van der Waals surface area contributed by atoms with Gasteiger partial charge >= 0.3 is 0 Å². The molecule has 1 rings (SSSR count). The minimum Gasteiger partial charge on any atom is -0.241 e. The normalized spacial score (nSPS) is 10.6. The van der Waals surface area contributed by atoms with E-state index in [1.54, 1.807) is 6.33 Å². The van der Waals surface area contributed by atoms with E-state index in [9.17, 15) is 0 Å². The fourth-order valence-corrected chi connectivity index (χ4v) is 1.32. The van der Waals surface area contributed by atoms with Gasteiger partial charge in [0.1, 0.15) is 10.9 Å². The van der Waals surface area contributed by atoms with Crippen LogP contribution in [0.3, 0.4) is 0 Å². The summed E-state index contributed by atoms with van der Waals surface area (Å²) in [6, 6.07) is 0. The van der Waals surface area contributed by atoms with E-state index in [0.29, 0.717) is 5.92 Å². The highest BCUT2D eigenvalue weighted by Crippen LogP contribution is 2.20. The Kier molecular flexibility index (Phi) is 2.60. The first-order chi connectivity index (χ1) is 5.13. The van der Waals surface area contributed by atoms with Gasteiger partial charge in [-0.1, -0.05) is 13.8 Å². The van der Waals surface area contributed by atoms with Crippen LogP contribution in [0.2, 0.25) is 0 Å². The number of hydrogen-bond donors (Lipinski definition) is 0. The van der Waals surface area contributed by atoms with Crippen LogP contribution >= 0.6 is 15.9 Å². The maximum absolute atomic E-state index is 4.20. The highest BCUT2D eigenvalue weighted by molar-refractivity contribution is 9.10. The average Bonchev–Trinajstić information content (AvgIpc) is 1.94. The fourth-order valence-electron chi connectivity index (χ4n) is 1.02. The van der Waals surface area contributed by atoms with Gasteiger partial charge in [-0.25, -0.2) is 9.97 Å². The topological polar surface area (TPSA) is 25.8 Å². The molecule has 0 saturated carbocycles. The summed E-state index contributed by atoms with van der Waals surface area (Å²) in [7, 11) is 0. The predicted octanol–water partition coefficient (Wildman–Crippen LogP) is 2.67. The number of nitrogens with zero attached hydrogens (tertiary/aromatic N) is 2. The third-order valence-electron chi connectivity index (χ3n) is 1.61. The molecule has 0 fully saturated rings. The van der Waals surface area contributed by atoms with Crippen LogP contribution in [0.25, 0.3) is 0 Å². The van der Waals surface area contributed by atoms with Crippen molar-refractivity contribution >= 4 is 15.9 Å². The van der Waals surface area contributed by atoms with E-state index in [-0.39, 0.29) is 0 Å². The minimum atomic E-state index is 0.467. The van der Waals surface area contributed by atoms with Crippen LogP contribution in [-0.4, -0.2) is 9.97 Å². The van der Waals surface area contributed by atoms with E-state index in [1.165, 1.54) is 0 Å². The second-order valence-electron chi connectivity index (χ2n) is 2.83. The summed E-state index contributed by atoms with van der Waals surface area (Å²) >= 11 is 3.36. The summed E-state index contributed by atoms with van der Waals surface area (Å²) in [6.45, 7) is 6.28. The Labute approximate surface area is 75.2 Å². The highest BCUT2D eigenvalue weighted by Gasteiger charge is 2.07. The molecule has 0 spiro atoms. The summed E-state index contributed by atoms with van der Waals surface area (Å²) in [5.74, 6) is 0.467. The van der Waals surface area contributed by atoms with Gasteiger partial charge in [-0.05, 0) is 28.8 Å². The summed E-state index contributed by atoms with van der Waals surface area (Å²) in [5.41, 5.74) is 2.26. The van der Waals surface area contributed by atoms with E-state index >= 15 is 0 Å². The van der Waals surface area contributed by atoms with Crippen LogP contribution in [0.5, 0.6) is 0 Å². The van der Waals surface area contributed by atoms with Crippen molar-refractivity contribution in [2.45, 2.75) is 26.7 Å². The number of hydrogen-bond acceptors (Lipinski definition) is 2. The maximum Gasteiger partial charge on any atom is 0.117 e. The van der Waals surface area contributed by atoms with Crippen LogP contribution in [0.1, 0.15) is 31.0 Å². The number of halogens is 1. The van der Waals surface area contributed by atoms with Gasteiger partial charge in [0.05, 0.1) is 5.69 Å². The summed E-state index contributed by atoms with van der Waals surface area (Å²) in [6.07, 6.45) is 1.59. The lowest BCUT2D eigenvalue weighted by Gasteiger charge is -2.07. The molecule has 0 aliphatic rings. The molecule has 0 atom stereocenters. The molecule has 1 heterocycles. The highest BCUT2D eigenvalue weighted by atomic mass is 79.9. The zero-order chi connectivity index (χ0) is 8.43. The van der Waals surface area contributed by atoms with Crippen LogP contribution in [0, 0.1) is 6.92 Å². The maximum atomic E-state index is 4.20. The van der Waals surface area contributed by atoms with Crippen molar-refractivity contribution in [3.63, 3.8) is 0 Å². The fraction of sp³-hybridized carbons (Fsp3) is 0.500. The third kappa shape index (κ3) is 1.77. The molecule has 1 aromatic rings. The van der Waals surface area contributed by atoms with Gasteiger partial charge < -0.3 is 0 Å². The van der Waals surface area contributed by atoms with Crippen molar-refractivity contribution < 1.29 is 0 Å². The first-order valence-corrected chi connectivity index (χ1v) is 4.39. The van der Waals surface area contributed by atoms with Crippen LogP contribution in [0.4, 0.5) is 0 Å². The van der Waals surface area contributed by atoms with E-state index in [4.69, 9.17) is 0 Å². The molecular formula is C8H11BrN2. The van der Waals surface area contributed by atoms with Gasteiger partial charge in [0, 0.05) is 5.56 Å². The third-order valence-corrected chi connectivity index (χ3v) is 2.41. The second kappa shape index (κ2) is 3.30. The van der Waals surface area contributed by atoms with E-state index in [2.05, 4.69) is 39.7 Å². The van der Waals surface area contributed by atoms with Crippen molar-refractivity contribution in [3.8, 4) is 0 Å². The lowest BCUT2D eigenvalue weighted by Crippen LogP contribution is -1.98. The molecule has 60 valence electrons. The van der Waals surface area contributed by atoms with Crippen molar-refractivity contribution in [1.82, 2.24) is 9.97 Å². The average molecular weight is 215 g/mol. The minimum absolute atomic E-state index is 0.467. The SMILES string of the molecule is Cc1c(Br)ncnc1C(C)C. The van der Waals surface area contributed by atoms with Gasteiger partial charge in [0.2, 0.25) is 0 Å². The molecule has 2 nitrogen and oxygen atoms in total. The molecule has 0 radical (unpaired) electrons. The lowest BCUT2D eigenvalue weighted by atomic mass is 10.1. The molecule has 0 aromatic carbocycles. The zero-order valence-electron chi connectivity index (χ0n) is 6.93. The van der Waals surface area contributed by atoms with Gasteiger partial charge in [0.15, 0.2) is 0 Å². The van der Waals surface area contributed by atoms with Crippen LogP contribution in [0.15, 0.2) is 10.9 Å². The molecule has 11 heavy (non-hydrogen) atoms. The van der Waals surface area contributed by atoms with E-state index in [0.717, 1.165) is 15.9 Å². The Balaban J connectivity index is 3.17. The van der Waals surface area contributed by atoms with Crippen LogP contribution < -0.4 is 0 Å². The molecule has 0 aliphatic carbocycles. The molecular weight excluding hydrogens is 204 g/mol. The second-order valence-corrected chi connectivity index (χ2v) is 3.58. The summed E-state index contributed by atoms with van der Waals surface area (Å²) in [4.78, 5) is 8.22. The Morgan fingerprint density at radius 1 is 1.36 bits per heavy atom. The van der Waals surface area contributed by atoms with E-state index in [1.807, 2.05) is 6.92 Å². The summed E-state index contributed by atoms with van der Waals surface area (Å²) in [5, 5.41) is 0. The Hall–Kier alpha value is -0.440. The van der Waals surface area contributed by atoms with Gasteiger partial charge in [-0.2, -0.15) is 0 Å². The standard InChI is InChI=1S/C8H11BrN2/c1-5(2)7-6(3)8(9)11-4-10-7/h4-5H,1-3H3. The van der Waals surface area contributed by atoms with Gasteiger partial charge in [-0.3, -0.25) is 0 Å². The largest absolute Gasteiger partial charge is 0.241 e. The quantitative estimate of drug-likeness (QED) is 0.673. The molecule has 1 aromatic heterocycles.